The molecule has 0 unspecified atom stereocenters. The molecule has 0 N–H and O–H groups in total. The Morgan fingerprint density at radius 2 is 1.78 bits per heavy atom. The topological polar surface area (TPSA) is 53.7 Å². The van der Waals surface area contributed by atoms with Gasteiger partial charge in [0.1, 0.15) is 0 Å². The van der Waals surface area contributed by atoms with Crippen molar-refractivity contribution >= 4 is 50.1 Å². The lowest BCUT2D eigenvalue weighted by atomic mass is 10.1. The molecule has 0 fully saturated rings. The quantitative estimate of drug-likeness (QED) is 0.261. The smallest absolute Gasteiger partial charge is 0.0489 e. The van der Waals surface area contributed by atoms with E-state index in [0.717, 1.165) is 10.9 Å². The van der Waals surface area contributed by atoms with Gasteiger partial charge >= 0.3 is 0 Å². The molecule has 2 aromatic carbocycles. The minimum absolute atomic E-state index is 0.649. The van der Waals surface area contributed by atoms with Gasteiger partial charge in [0.15, 0.2) is 0 Å². The summed E-state index contributed by atoms with van der Waals surface area (Å²) in [5.74, 6) is 0. The van der Waals surface area contributed by atoms with E-state index < -0.39 is 0 Å². The number of fused-ring (bicyclic) bond motifs is 3. The van der Waals surface area contributed by atoms with E-state index in [4.69, 9.17) is 5.53 Å². The second-order valence-electron chi connectivity index (χ2n) is 4.11. The first-order chi connectivity index (χ1) is 8.70. The van der Waals surface area contributed by atoms with Crippen LogP contribution in [-0.2, 0) is 7.05 Å². The minimum Gasteiger partial charge on any atom is -0.344 e. The van der Waals surface area contributed by atoms with Crippen LogP contribution in [-0.4, -0.2) is 4.57 Å². The Morgan fingerprint density at radius 3 is 2.50 bits per heavy atom. The predicted octanol–water partition coefficient (Wildman–Crippen LogP) is 4.88. The van der Waals surface area contributed by atoms with Gasteiger partial charge in [-0.05, 0) is 58.5 Å². The van der Waals surface area contributed by atoms with E-state index in [1.54, 1.807) is 0 Å². The lowest BCUT2D eigenvalue weighted by Crippen LogP contribution is -1.85. The highest BCUT2D eigenvalue weighted by Crippen LogP contribution is 2.31. The van der Waals surface area contributed by atoms with E-state index in [0.29, 0.717) is 5.69 Å². The van der Waals surface area contributed by atoms with Gasteiger partial charge in [-0.15, -0.1) is 0 Å². The van der Waals surface area contributed by atoms with Crippen LogP contribution < -0.4 is 0 Å². The summed E-state index contributed by atoms with van der Waals surface area (Å²) in [6.45, 7) is 0. The van der Waals surface area contributed by atoms with Gasteiger partial charge in [-0.1, -0.05) is 11.2 Å². The monoisotopic (exact) mass is 348 g/mol. The van der Waals surface area contributed by atoms with Crippen LogP contribution in [0.3, 0.4) is 0 Å². The van der Waals surface area contributed by atoms with Gasteiger partial charge in [-0.2, -0.15) is 0 Å². The third-order valence-electron chi connectivity index (χ3n) is 3.11. The Balaban J connectivity index is 2.49. The van der Waals surface area contributed by atoms with Gasteiger partial charge < -0.3 is 4.57 Å². The van der Waals surface area contributed by atoms with E-state index in [2.05, 4.69) is 55.4 Å². The average Bonchev–Trinajstić information content (AvgIpc) is 2.63. The summed E-state index contributed by atoms with van der Waals surface area (Å²) in [5.41, 5.74) is 11.5. The molecular formula is C13H9IN4. The molecule has 18 heavy (non-hydrogen) atoms. The minimum atomic E-state index is 0.649. The molecule has 88 valence electrons. The van der Waals surface area contributed by atoms with E-state index in [1.807, 2.05) is 25.2 Å². The number of hydrogen-bond acceptors (Lipinski definition) is 1. The molecule has 0 bridgehead atoms. The summed E-state index contributed by atoms with van der Waals surface area (Å²) in [6, 6.07) is 12.1. The van der Waals surface area contributed by atoms with Gasteiger partial charge in [0.25, 0.3) is 0 Å². The third-order valence-corrected chi connectivity index (χ3v) is 3.78. The number of halogens is 1. The normalized spacial score (nSPS) is 10.8. The SMILES string of the molecule is Cn1c2ccc(I)cc2c2cc(N=[N+]=[N-])ccc21. The lowest BCUT2D eigenvalue weighted by molar-refractivity contribution is 1.01. The molecule has 4 nitrogen and oxygen atoms in total. The molecule has 5 heteroatoms. The van der Waals surface area contributed by atoms with E-state index in [-0.39, 0.29) is 0 Å². The van der Waals surface area contributed by atoms with Crippen molar-refractivity contribution in [3.63, 3.8) is 0 Å². The Kier molecular flexibility index (Phi) is 2.65. The highest BCUT2D eigenvalue weighted by atomic mass is 127. The third kappa shape index (κ3) is 1.63. The maximum absolute atomic E-state index is 8.51. The van der Waals surface area contributed by atoms with E-state index >= 15 is 0 Å². The van der Waals surface area contributed by atoms with Gasteiger partial charge in [0.05, 0.1) is 0 Å². The molecule has 0 spiro atoms. The zero-order chi connectivity index (χ0) is 12.7. The highest BCUT2D eigenvalue weighted by molar-refractivity contribution is 14.1. The van der Waals surface area contributed by atoms with Gasteiger partial charge in [-0.3, -0.25) is 0 Å². The summed E-state index contributed by atoms with van der Waals surface area (Å²) in [5, 5.41) is 5.98. The van der Waals surface area contributed by atoms with Crippen LogP contribution in [0.2, 0.25) is 0 Å². The first-order valence-electron chi connectivity index (χ1n) is 5.43. The standard InChI is InChI=1S/C13H9IN4/c1-18-12-4-2-8(14)6-10(12)11-7-9(16-17-15)3-5-13(11)18/h2-7H,1H3. The Morgan fingerprint density at radius 1 is 1.11 bits per heavy atom. The van der Waals surface area contributed by atoms with E-state index in [9.17, 15) is 0 Å². The summed E-state index contributed by atoms with van der Waals surface area (Å²) >= 11 is 2.30. The fraction of sp³-hybridized carbons (Fsp3) is 0.0769. The number of nitrogens with zero attached hydrogens (tertiary/aromatic N) is 4. The zero-order valence-electron chi connectivity index (χ0n) is 9.63. The molecule has 1 heterocycles. The van der Waals surface area contributed by atoms with Crippen molar-refractivity contribution in [2.24, 2.45) is 12.2 Å². The molecule has 3 rings (SSSR count). The fourth-order valence-electron chi connectivity index (χ4n) is 2.29. The number of hydrogen-bond donors (Lipinski definition) is 0. The predicted molar refractivity (Wildman–Crippen MR) is 81.9 cm³/mol. The van der Waals surface area contributed by atoms with Gasteiger partial charge in [0.2, 0.25) is 0 Å². The molecule has 3 aromatic rings. The van der Waals surface area contributed by atoms with Crippen molar-refractivity contribution in [3.8, 4) is 0 Å². The molecule has 0 radical (unpaired) electrons. The number of azide groups is 1. The van der Waals surface area contributed by atoms with E-state index in [1.165, 1.54) is 14.5 Å². The van der Waals surface area contributed by atoms with Crippen LogP contribution in [0.5, 0.6) is 0 Å². The fourth-order valence-corrected chi connectivity index (χ4v) is 2.78. The molecule has 0 atom stereocenters. The van der Waals surface area contributed by atoms with Gasteiger partial charge in [-0.25, -0.2) is 0 Å². The largest absolute Gasteiger partial charge is 0.344 e. The molecule has 0 aliphatic rings. The van der Waals surface area contributed by atoms with Crippen LogP contribution in [0.15, 0.2) is 41.5 Å². The summed E-state index contributed by atoms with van der Waals surface area (Å²) in [7, 11) is 2.05. The zero-order valence-corrected chi connectivity index (χ0v) is 11.8. The first-order valence-corrected chi connectivity index (χ1v) is 6.51. The first kappa shape index (κ1) is 11.4. The van der Waals surface area contributed by atoms with Crippen molar-refractivity contribution in [3.05, 3.63) is 50.4 Å². The second-order valence-corrected chi connectivity index (χ2v) is 5.36. The summed E-state index contributed by atoms with van der Waals surface area (Å²) in [6.07, 6.45) is 0. The maximum atomic E-state index is 8.51. The number of aromatic nitrogens is 1. The Hall–Kier alpha value is -1.72. The van der Waals surface area contributed by atoms with Crippen LogP contribution in [0.1, 0.15) is 0 Å². The second kappa shape index (κ2) is 4.19. The van der Waals surface area contributed by atoms with Crippen molar-refractivity contribution < 1.29 is 0 Å². The molecular weight excluding hydrogens is 339 g/mol. The van der Waals surface area contributed by atoms with Gasteiger partial charge in [0, 0.05) is 43.0 Å². The summed E-state index contributed by atoms with van der Waals surface area (Å²) < 4.78 is 3.35. The Bertz CT molecular complexity index is 813. The van der Waals surface area contributed by atoms with Crippen molar-refractivity contribution in [2.75, 3.05) is 0 Å². The summed E-state index contributed by atoms with van der Waals surface area (Å²) in [4.78, 5) is 2.83. The number of aryl methyl sites for hydroxylation is 1. The van der Waals surface area contributed by atoms with Crippen LogP contribution in [0.4, 0.5) is 5.69 Å². The van der Waals surface area contributed by atoms with Crippen molar-refractivity contribution in [1.29, 1.82) is 0 Å². The molecule has 1 aromatic heterocycles. The Labute approximate surface area is 117 Å². The number of rotatable bonds is 1. The average molecular weight is 348 g/mol. The van der Waals surface area contributed by atoms with Crippen molar-refractivity contribution in [2.45, 2.75) is 0 Å². The van der Waals surface area contributed by atoms with Crippen LogP contribution in [0.25, 0.3) is 32.2 Å². The maximum Gasteiger partial charge on any atom is 0.0489 e. The molecule has 0 amide bonds. The van der Waals surface area contributed by atoms with Crippen LogP contribution >= 0.6 is 22.6 Å². The highest BCUT2D eigenvalue weighted by Gasteiger charge is 2.08. The van der Waals surface area contributed by atoms with Crippen LogP contribution in [0, 0.1) is 3.57 Å². The number of benzene rings is 2. The molecule has 0 saturated carbocycles. The molecule has 0 saturated heterocycles. The molecule has 0 aliphatic heterocycles. The lowest BCUT2D eigenvalue weighted by Gasteiger charge is -1.97. The van der Waals surface area contributed by atoms with Crippen molar-refractivity contribution in [1.82, 2.24) is 4.57 Å². The molecule has 0 aliphatic carbocycles.